The smallest absolute Gasteiger partial charge is 0.430 e. The fraction of sp³-hybridized carbons (Fsp3) is 0.286. The minimum atomic E-state index is -5.19. The van der Waals surface area contributed by atoms with E-state index in [9.17, 15) is 22.4 Å². The highest BCUT2D eigenvalue weighted by Gasteiger charge is 2.29. The molecule has 2 aromatic carbocycles. The Kier molecular flexibility index (Phi) is 6.49. The molecule has 0 unspecified atom stereocenters. The van der Waals surface area contributed by atoms with E-state index >= 15 is 0 Å². The number of nitrogens with zero attached hydrogens (tertiary/aromatic N) is 2. The van der Waals surface area contributed by atoms with E-state index in [1.54, 1.807) is 0 Å². The number of hydrogen-bond donors (Lipinski definition) is 2. The Morgan fingerprint density at radius 1 is 1.22 bits per heavy atom. The Hall–Kier alpha value is -3.47. The second-order valence-corrected chi connectivity index (χ2v) is 7.55. The van der Waals surface area contributed by atoms with Gasteiger partial charge in [0.15, 0.2) is 0 Å². The van der Waals surface area contributed by atoms with Gasteiger partial charge >= 0.3 is 6.18 Å². The Bertz CT molecular complexity index is 1150. The zero-order valence-electron chi connectivity index (χ0n) is 17.2. The topological polar surface area (TPSA) is 91.5 Å². The molecule has 1 aliphatic heterocycles. The van der Waals surface area contributed by atoms with Gasteiger partial charge in [0.2, 0.25) is 0 Å². The fourth-order valence-corrected chi connectivity index (χ4v) is 3.43. The van der Waals surface area contributed by atoms with Gasteiger partial charge in [-0.2, -0.15) is 18.3 Å². The molecule has 0 aliphatic carbocycles. The first kappa shape index (κ1) is 23.2. The molecule has 32 heavy (non-hydrogen) atoms. The number of aliphatic carboxylic acids is 1. The van der Waals surface area contributed by atoms with E-state index in [1.807, 2.05) is 16.8 Å². The third-order valence-corrected chi connectivity index (χ3v) is 4.70. The number of carboxylic acids is 1. The molecule has 1 aromatic heterocycles. The molecule has 3 aromatic rings. The molecule has 0 atom stereocenters. The van der Waals surface area contributed by atoms with Gasteiger partial charge in [-0.1, -0.05) is 12.1 Å². The highest BCUT2D eigenvalue weighted by atomic mass is 19.4. The van der Waals surface area contributed by atoms with E-state index in [-0.39, 0.29) is 5.91 Å². The standard InChI is InChI=1S/C19H19FN4O.C2HF3O2/c1-23(2)11-12-3-5-14(6-4-12)24-17-7-8-21-19(25)15-9-13(20)10-16(22-24)18(15)17;3-2(4,5)1(6)7/h3-6,9-10H,7-8,11H2,1-2H3,(H,21,25);(H,6,7). The number of alkyl halides is 3. The summed E-state index contributed by atoms with van der Waals surface area (Å²) in [6.07, 6.45) is -4.54. The number of amides is 1. The van der Waals surface area contributed by atoms with Gasteiger partial charge in [-0.05, 0) is 18.2 Å². The third-order valence-electron chi connectivity index (χ3n) is 4.70. The predicted molar refractivity (Wildman–Crippen MR) is 105 cm³/mol. The summed E-state index contributed by atoms with van der Waals surface area (Å²) in [4.78, 5) is 22.4. The molecule has 2 heterocycles. The maximum Gasteiger partial charge on any atom is 0.430 e. The Labute approximate surface area is 180 Å². The van der Waals surface area contributed by atoms with Crippen molar-refractivity contribution in [3.8, 4) is 5.69 Å². The third kappa shape index (κ3) is 5.05. The second-order valence-electron chi connectivity index (χ2n) is 7.55. The summed E-state index contributed by atoms with van der Waals surface area (Å²) in [5.74, 6) is -3.69. The van der Waals surface area contributed by atoms with Crippen molar-refractivity contribution in [2.45, 2.75) is 19.1 Å². The number of benzene rings is 2. The van der Waals surface area contributed by atoms with Crippen LogP contribution in [0.25, 0.3) is 16.6 Å². The van der Waals surface area contributed by atoms with E-state index in [1.165, 1.54) is 22.6 Å². The summed E-state index contributed by atoms with van der Waals surface area (Å²) in [6, 6.07) is 10.9. The summed E-state index contributed by atoms with van der Waals surface area (Å²) < 4.78 is 47.3. The van der Waals surface area contributed by atoms with Crippen molar-refractivity contribution in [2.75, 3.05) is 20.6 Å². The molecule has 0 saturated carbocycles. The number of nitrogens with one attached hydrogen (secondary N) is 2. The number of halogens is 4. The van der Waals surface area contributed by atoms with Gasteiger partial charge in [-0.25, -0.2) is 9.07 Å². The zero-order valence-corrected chi connectivity index (χ0v) is 17.2. The van der Waals surface area contributed by atoms with E-state index in [2.05, 4.69) is 36.6 Å². The van der Waals surface area contributed by atoms with Crippen LogP contribution in [0, 0.1) is 5.82 Å². The average molecular weight is 452 g/mol. The molecular weight excluding hydrogens is 432 g/mol. The number of rotatable bonds is 3. The first-order valence-electron chi connectivity index (χ1n) is 9.63. The van der Waals surface area contributed by atoms with Crippen LogP contribution in [-0.4, -0.2) is 48.5 Å². The van der Waals surface area contributed by atoms with Crippen molar-refractivity contribution in [3.63, 3.8) is 0 Å². The van der Waals surface area contributed by atoms with Crippen LogP contribution in [0.2, 0.25) is 0 Å². The summed E-state index contributed by atoms with van der Waals surface area (Å²) in [5.41, 5.74) is 3.99. The molecule has 0 saturated heterocycles. The van der Waals surface area contributed by atoms with Crippen LogP contribution in [0.1, 0.15) is 21.6 Å². The Morgan fingerprint density at radius 2 is 1.84 bits per heavy atom. The van der Waals surface area contributed by atoms with E-state index in [0.717, 1.165) is 23.3 Å². The second kappa shape index (κ2) is 8.95. The minimum Gasteiger partial charge on any atom is -0.542 e. The van der Waals surface area contributed by atoms with Crippen LogP contribution in [0.15, 0.2) is 36.4 Å². The van der Waals surface area contributed by atoms with Crippen LogP contribution in [0.3, 0.4) is 0 Å². The lowest BCUT2D eigenvalue weighted by molar-refractivity contribution is -0.872. The number of carbonyl (C=O) groups excluding carboxylic acids is 2. The zero-order chi connectivity index (χ0) is 23.6. The quantitative estimate of drug-likeness (QED) is 0.563. The van der Waals surface area contributed by atoms with Gasteiger partial charge in [0.25, 0.3) is 5.91 Å². The highest BCUT2D eigenvalue weighted by molar-refractivity contribution is 6.08. The van der Waals surface area contributed by atoms with Crippen LogP contribution in [0.4, 0.5) is 17.6 Å². The molecule has 1 amide bonds. The summed E-state index contributed by atoms with van der Waals surface area (Å²) in [7, 11) is 4.23. The van der Waals surface area contributed by atoms with Crippen molar-refractivity contribution in [3.05, 3.63) is 59.0 Å². The van der Waals surface area contributed by atoms with Crippen molar-refractivity contribution in [2.24, 2.45) is 0 Å². The van der Waals surface area contributed by atoms with Gasteiger partial charge in [-0.3, -0.25) is 4.79 Å². The van der Waals surface area contributed by atoms with Crippen molar-refractivity contribution in [1.82, 2.24) is 15.1 Å². The predicted octanol–water partition coefficient (Wildman–Crippen LogP) is 0.394. The highest BCUT2D eigenvalue weighted by Crippen LogP contribution is 2.28. The monoisotopic (exact) mass is 452 g/mol. The van der Waals surface area contributed by atoms with Gasteiger partial charge in [0, 0.05) is 30.0 Å². The van der Waals surface area contributed by atoms with Crippen molar-refractivity contribution >= 4 is 22.8 Å². The first-order chi connectivity index (χ1) is 15.0. The molecule has 1 aliphatic rings. The van der Waals surface area contributed by atoms with Crippen molar-refractivity contribution < 1.29 is 37.2 Å². The number of carboxylic acid groups (broad SMARTS) is 1. The normalized spacial score (nSPS) is 13.4. The molecule has 0 radical (unpaired) electrons. The lowest BCUT2D eigenvalue weighted by atomic mass is 10.1. The lowest BCUT2D eigenvalue weighted by Gasteiger charge is -2.10. The molecule has 0 bridgehead atoms. The van der Waals surface area contributed by atoms with E-state index in [0.29, 0.717) is 24.0 Å². The summed E-state index contributed by atoms with van der Waals surface area (Å²) in [5, 5.41) is 16.9. The molecular formula is C21H20F4N4O3. The summed E-state index contributed by atoms with van der Waals surface area (Å²) in [6.45, 7) is 1.46. The maximum absolute atomic E-state index is 13.9. The van der Waals surface area contributed by atoms with Gasteiger partial charge < -0.3 is 20.1 Å². The van der Waals surface area contributed by atoms with Gasteiger partial charge in [-0.15, -0.1) is 0 Å². The first-order valence-corrected chi connectivity index (χ1v) is 9.63. The van der Waals surface area contributed by atoms with Crippen LogP contribution < -0.4 is 15.3 Å². The van der Waals surface area contributed by atoms with Crippen LogP contribution in [0.5, 0.6) is 0 Å². The van der Waals surface area contributed by atoms with Crippen LogP contribution in [-0.2, 0) is 17.8 Å². The molecule has 0 fully saturated rings. The largest absolute Gasteiger partial charge is 0.542 e. The average Bonchev–Trinajstić information content (AvgIpc) is 2.96. The summed E-state index contributed by atoms with van der Waals surface area (Å²) >= 11 is 0. The molecule has 0 spiro atoms. The van der Waals surface area contributed by atoms with Crippen LogP contribution >= 0.6 is 0 Å². The minimum absolute atomic E-state index is 0.243. The van der Waals surface area contributed by atoms with Gasteiger partial charge in [0.1, 0.15) is 18.3 Å². The van der Waals surface area contributed by atoms with Crippen molar-refractivity contribution in [1.29, 1.82) is 0 Å². The molecule has 7 nitrogen and oxygen atoms in total. The SMILES string of the molecule is C[NH+](C)Cc1ccc(-n2nc3cc(F)cc4c3c2CCNC4=O)cc1.O=C([O-])C(F)(F)F. The lowest BCUT2D eigenvalue weighted by Crippen LogP contribution is -3.04. The molecule has 2 N–H and O–H groups in total. The van der Waals surface area contributed by atoms with Gasteiger partial charge in [0.05, 0.1) is 36.6 Å². The number of quaternary nitrogens is 1. The number of aromatic nitrogens is 2. The number of carbonyl (C=O) groups is 2. The Balaban J connectivity index is 0.000000360. The molecule has 11 heteroatoms. The fourth-order valence-electron chi connectivity index (χ4n) is 3.43. The Morgan fingerprint density at radius 3 is 2.41 bits per heavy atom. The maximum atomic E-state index is 13.9. The number of hydrogen-bond acceptors (Lipinski definition) is 4. The van der Waals surface area contributed by atoms with E-state index < -0.39 is 18.0 Å². The molecule has 4 rings (SSSR count). The molecule has 170 valence electrons. The van der Waals surface area contributed by atoms with E-state index in [4.69, 9.17) is 9.90 Å².